The number of carboxylic acid groups (broad SMARTS) is 1. The number of furan rings is 1. The summed E-state index contributed by atoms with van der Waals surface area (Å²) >= 11 is 1.65. The third-order valence-electron chi connectivity index (χ3n) is 5.18. The van der Waals surface area contributed by atoms with E-state index in [-0.39, 0.29) is 5.91 Å². The standard InChI is InChI=1S/C17H21N3O2S.C2HF3O2/c1-12-18-13(11-23-12)9-20-16-6-7-19(10-14-3-2-8-22-14)15(16)4-5-17(20)21;3-2(4,5)1(6)7/h2-3,8,11,15-16H,4-7,9-10H2,1H3;(H,6,7)/t15-,16-;/m1./s1. The van der Waals surface area contributed by atoms with Gasteiger partial charge in [-0.1, -0.05) is 0 Å². The summed E-state index contributed by atoms with van der Waals surface area (Å²) in [5.41, 5.74) is 1.02. The van der Waals surface area contributed by atoms with Crippen molar-refractivity contribution in [2.45, 2.75) is 57.5 Å². The molecule has 1 amide bonds. The van der Waals surface area contributed by atoms with Crippen LogP contribution in [-0.2, 0) is 22.7 Å². The Kier molecular flexibility index (Phi) is 6.81. The van der Waals surface area contributed by atoms with Gasteiger partial charge in [-0.2, -0.15) is 13.2 Å². The highest BCUT2D eigenvalue weighted by molar-refractivity contribution is 7.09. The first-order chi connectivity index (χ1) is 14.1. The Morgan fingerprint density at radius 1 is 1.33 bits per heavy atom. The Balaban J connectivity index is 0.000000318. The fourth-order valence-corrected chi connectivity index (χ4v) is 4.50. The molecule has 2 aromatic heterocycles. The molecule has 0 aromatic carbocycles. The quantitative estimate of drug-likeness (QED) is 0.776. The second-order valence-corrected chi connectivity index (χ2v) is 8.26. The summed E-state index contributed by atoms with van der Waals surface area (Å²) in [6, 6.07) is 4.71. The molecule has 2 saturated heterocycles. The third kappa shape index (κ3) is 5.39. The van der Waals surface area contributed by atoms with Crippen LogP contribution in [0.25, 0.3) is 0 Å². The zero-order valence-corrected chi connectivity index (χ0v) is 17.1. The van der Waals surface area contributed by atoms with E-state index >= 15 is 0 Å². The minimum absolute atomic E-state index is 0.275. The molecule has 4 heterocycles. The molecule has 0 radical (unpaired) electrons. The van der Waals surface area contributed by atoms with E-state index in [9.17, 15) is 18.0 Å². The minimum atomic E-state index is -5.08. The Morgan fingerprint density at radius 2 is 2.07 bits per heavy atom. The number of fused-ring (bicyclic) bond motifs is 1. The summed E-state index contributed by atoms with van der Waals surface area (Å²) < 4.78 is 37.2. The fraction of sp³-hybridized carbons (Fsp3) is 0.526. The molecular weight excluding hydrogens is 423 g/mol. The van der Waals surface area contributed by atoms with E-state index < -0.39 is 12.1 Å². The average Bonchev–Trinajstić information content (AvgIpc) is 3.40. The van der Waals surface area contributed by atoms with Gasteiger partial charge in [-0.05, 0) is 31.9 Å². The number of hydrogen-bond acceptors (Lipinski definition) is 6. The van der Waals surface area contributed by atoms with Crippen molar-refractivity contribution < 1.29 is 32.3 Å². The highest BCUT2D eigenvalue weighted by Crippen LogP contribution is 2.33. The van der Waals surface area contributed by atoms with E-state index in [0.29, 0.717) is 25.0 Å². The number of aryl methyl sites for hydroxylation is 1. The van der Waals surface area contributed by atoms with Crippen LogP contribution >= 0.6 is 11.3 Å². The van der Waals surface area contributed by atoms with Gasteiger partial charge in [0.15, 0.2) is 0 Å². The highest BCUT2D eigenvalue weighted by atomic mass is 32.1. The Morgan fingerprint density at radius 3 is 2.63 bits per heavy atom. The lowest BCUT2D eigenvalue weighted by molar-refractivity contribution is -0.192. The number of nitrogens with zero attached hydrogens (tertiary/aromatic N) is 3. The number of thiazole rings is 1. The SMILES string of the molecule is Cc1nc(CN2C(=O)CC[C@@H]3[C@H]2CCN3Cc2ccco2)cs1.O=C(O)C(F)(F)F. The lowest BCUT2D eigenvalue weighted by Gasteiger charge is -2.39. The number of aliphatic carboxylic acids is 1. The van der Waals surface area contributed by atoms with Crippen molar-refractivity contribution >= 4 is 23.2 Å². The number of carbonyl (C=O) groups is 2. The van der Waals surface area contributed by atoms with Crippen LogP contribution in [-0.4, -0.2) is 56.6 Å². The summed E-state index contributed by atoms with van der Waals surface area (Å²) in [5, 5.41) is 10.3. The molecule has 0 bridgehead atoms. The molecule has 7 nitrogen and oxygen atoms in total. The topological polar surface area (TPSA) is 86.9 Å². The first-order valence-corrected chi connectivity index (χ1v) is 10.3. The van der Waals surface area contributed by atoms with Crippen molar-refractivity contribution in [3.05, 3.63) is 40.2 Å². The lowest BCUT2D eigenvalue weighted by atomic mass is 9.96. The van der Waals surface area contributed by atoms with Crippen LogP contribution in [0.1, 0.15) is 35.7 Å². The van der Waals surface area contributed by atoms with Crippen LogP contribution in [0.15, 0.2) is 28.2 Å². The molecule has 2 aliphatic heterocycles. The zero-order valence-electron chi connectivity index (χ0n) is 16.3. The summed E-state index contributed by atoms with van der Waals surface area (Å²) in [6.45, 7) is 4.52. The maximum atomic E-state index is 12.4. The van der Waals surface area contributed by atoms with Crippen molar-refractivity contribution in [1.29, 1.82) is 0 Å². The zero-order chi connectivity index (χ0) is 21.9. The van der Waals surface area contributed by atoms with E-state index in [2.05, 4.69) is 20.2 Å². The smallest absolute Gasteiger partial charge is 0.475 e. The molecule has 2 fully saturated rings. The van der Waals surface area contributed by atoms with Gasteiger partial charge < -0.3 is 14.4 Å². The average molecular weight is 445 g/mol. The lowest BCUT2D eigenvalue weighted by Crippen LogP contribution is -2.51. The molecule has 1 N–H and O–H groups in total. The number of halogens is 3. The van der Waals surface area contributed by atoms with Gasteiger partial charge in [0.05, 0.1) is 30.1 Å². The van der Waals surface area contributed by atoms with Crippen LogP contribution in [0.5, 0.6) is 0 Å². The van der Waals surface area contributed by atoms with Gasteiger partial charge in [0.2, 0.25) is 5.91 Å². The predicted octanol–water partition coefficient (Wildman–Crippen LogP) is 3.44. The third-order valence-corrected chi connectivity index (χ3v) is 6.00. The molecule has 30 heavy (non-hydrogen) atoms. The molecule has 0 aliphatic carbocycles. The normalized spacial score (nSPS) is 21.9. The number of carbonyl (C=O) groups excluding carboxylic acids is 1. The second kappa shape index (κ2) is 9.17. The van der Waals surface area contributed by atoms with E-state index in [1.165, 1.54) is 0 Å². The van der Waals surface area contributed by atoms with Crippen LogP contribution in [0, 0.1) is 6.92 Å². The first-order valence-electron chi connectivity index (χ1n) is 9.42. The second-order valence-electron chi connectivity index (χ2n) is 7.19. The van der Waals surface area contributed by atoms with Crippen molar-refractivity contribution in [3.8, 4) is 0 Å². The largest absolute Gasteiger partial charge is 0.490 e. The van der Waals surface area contributed by atoms with E-state index in [1.54, 1.807) is 17.6 Å². The van der Waals surface area contributed by atoms with Crippen molar-refractivity contribution in [3.63, 3.8) is 0 Å². The highest BCUT2D eigenvalue weighted by Gasteiger charge is 2.43. The molecular formula is C19H22F3N3O4S. The van der Waals surface area contributed by atoms with Crippen LogP contribution in [0.2, 0.25) is 0 Å². The minimum Gasteiger partial charge on any atom is -0.475 e. The number of aromatic nitrogens is 1. The summed E-state index contributed by atoms with van der Waals surface area (Å²) in [7, 11) is 0. The molecule has 2 aliphatic rings. The Bertz CT molecular complexity index is 869. The van der Waals surface area contributed by atoms with Gasteiger partial charge in [-0.3, -0.25) is 9.69 Å². The number of likely N-dealkylation sites (tertiary alicyclic amines) is 2. The number of amides is 1. The van der Waals surface area contributed by atoms with Gasteiger partial charge in [-0.25, -0.2) is 9.78 Å². The van der Waals surface area contributed by atoms with Crippen LogP contribution < -0.4 is 0 Å². The van der Waals surface area contributed by atoms with E-state index in [4.69, 9.17) is 14.3 Å². The molecule has 0 spiro atoms. The molecule has 0 unspecified atom stereocenters. The predicted molar refractivity (Wildman–Crippen MR) is 102 cm³/mol. The van der Waals surface area contributed by atoms with Gasteiger partial charge in [0.1, 0.15) is 5.76 Å². The number of rotatable bonds is 4. The van der Waals surface area contributed by atoms with Gasteiger partial charge >= 0.3 is 12.1 Å². The molecule has 11 heteroatoms. The maximum Gasteiger partial charge on any atom is 0.490 e. The monoisotopic (exact) mass is 445 g/mol. The van der Waals surface area contributed by atoms with Crippen LogP contribution in [0.3, 0.4) is 0 Å². The summed E-state index contributed by atoms with van der Waals surface area (Å²) in [6.07, 6.45) is -0.722. The van der Waals surface area contributed by atoms with Crippen molar-refractivity contribution in [2.24, 2.45) is 0 Å². The molecule has 4 rings (SSSR count). The first kappa shape index (κ1) is 22.3. The summed E-state index contributed by atoms with van der Waals surface area (Å²) in [4.78, 5) is 30.4. The molecule has 2 aromatic rings. The number of piperidine rings is 1. The van der Waals surface area contributed by atoms with E-state index in [0.717, 1.165) is 42.4 Å². The molecule has 0 saturated carbocycles. The van der Waals surface area contributed by atoms with Gasteiger partial charge in [0, 0.05) is 30.4 Å². The van der Waals surface area contributed by atoms with Gasteiger partial charge in [0.25, 0.3) is 0 Å². The van der Waals surface area contributed by atoms with Crippen molar-refractivity contribution in [1.82, 2.24) is 14.8 Å². The number of alkyl halides is 3. The number of hydrogen-bond donors (Lipinski definition) is 1. The number of carboxylic acids is 1. The molecule has 2 atom stereocenters. The van der Waals surface area contributed by atoms with E-state index in [1.807, 2.05) is 19.1 Å². The van der Waals surface area contributed by atoms with Crippen molar-refractivity contribution in [2.75, 3.05) is 6.54 Å². The Labute approximate surface area is 175 Å². The van der Waals surface area contributed by atoms with Crippen LogP contribution in [0.4, 0.5) is 13.2 Å². The fourth-order valence-electron chi connectivity index (χ4n) is 3.90. The molecule has 164 valence electrons. The summed E-state index contributed by atoms with van der Waals surface area (Å²) in [5.74, 6) is -1.48. The maximum absolute atomic E-state index is 12.4. The van der Waals surface area contributed by atoms with Gasteiger partial charge in [-0.15, -0.1) is 11.3 Å². The Hall–Kier alpha value is -2.40.